The predicted molar refractivity (Wildman–Crippen MR) is 80.8 cm³/mol. The first-order chi connectivity index (χ1) is 10.2. The lowest BCUT2D eigenvalue weighted by Crippen LogP contribution is -2.26. The van der Waals surface area contributed by atoms with Crippen molar-refractivity contribution in [1.29, 1.82) is 0 Å². The lowest BCUT2D eigenvalue weighted by Gasteiger charge is -2.19. The zero-order valence-corrected chi connectivity index (χ0v) is 12.0. The van der Waals surface area contributed by atoms with Crippen LogP contribution in [0.25, 0.3) is 0 Å². The first-order valence-corrected chi connectivity index (χ1v) is 6.45. The minimum Gasteiger partial charge on any atom is -0.496 e. The predicted octanol–water partition coefficient (Wildman–Crippen LogP) is 1.65. The number of nitrogens with one attached hydrogen (secondary N) is 1. The molecule has 3 N–H and O–H groups in total. The largest absolute Gasteiger partial charge is 0.496 e. The van der Waals surface area contributed by atoms with Gasteiger partial charge in [-0.1, -0.05) is 18.2 Å². The number of carbonyl (C=O) groups excluding carboxylic acids is 1. The number of nitrogens with zero attached hydrogens (tertiary/aromatic N) is 2. The molecule has 0 saturated heterocycles. The quantitative estimate of drug-likeness (QED) is 0.645. The molecule has 2 aromatic rings. The molecule has 0 aliphatic heterocycles. The monoisotopic (exact) mass is 286 g/mol. The van der Waals surface area contributed by atoms with Crippen LogP contribution in [0.5, 0.6) is 5.75 Å². The Morgan fingerprint density at radius 2 is 2.14 bits per heavy atom. The minimum atomic E-state index is -0.111. The van der Waals surface area contributed by atoms with Crippen LogP contribution in [0.15, 0.2) is 42.6 Å². The van der Waals surface area contributed by atoms with Gasteiger partial charge in [0, 0.05) is 30.9 Å². The summed E-state index contributed by atoms with van der Waals surface area (Å²) in [4.78, 5) is 18.0. The van der Waals surface area contributed by atoms with Crippen molar-refractivity contribution in [3.8, 4) is 5.75 Å². The van der Waals surface area contributed by atoms with E-state index in [2.05, 4.69) is 10.4 Å². The Kier molecular flexibility index (Phi) is 4.73. The van der Waals surface area contributed by atoms with E-state index in [-0.39, 0.29) is 5.91 Å². The van der Waals surface area contributed by atoms with Gasteiger partial charge in [0.1, 0.15) is 11.6 Å². The highest BCUT2D eigenvalue weighted by Crippen LogP contribution is 2.19. The summed E-state index contributed by atoms with van der Waals surface area (Å²) in [6, 6.07) is 10.9. The molecule has 0 spiro atoms. The fourth-order valence-electron chi connectivity index (χ4n) is 2.02. The molecule has 0 unspecified atom stereocenters. The normalized spacial score (nSPS) is 10.0. The molecular formula is C15H18N4O2. The van der Waals surface area contributed by atoms with Crippen molar-refractivity contribution >= 4 is 11.7 Å². The molecule has 2 rings (SSSR count). The summed E-state index contributed by atoms with van der Waals surface area (Å²) in [5.74, 6) is 6.40. The van der Waals surface area contributed by atoms with Crippen molar-refractivity contribution in [2.45, 2.75) is 6.54 Å². The van der Waals surface area contributed by atoms with Crippen LogP contribution in [0.3, 0.4) is 0 Å². The number of ether oxygens (including phenoxy) is 1. The third-order valence-corrected chi connectivity index (χ3v) is 3.10. The molecular weight excluding hydrogens is 268 g/mol. The number of hydrazine groups is 1. The average molecular weight is 286 g/mol. The van der Waals surface area contributed by atoms with E-state index in [0.29, 0.717) is 17.9 Å². The molecule has 6 heteroatoms. The number of anilines is 1. The lowest BCUT2D eigenvalue weighted by molar-refractivity contribution is 0.0784. The number of nitrogen functional groups attached to an aromatic ring is 1. The second-order valence-corrected chi connectivity index (χ2v) is 4.55. The number of rotatable bonds is 5. The van der Waals surface area contributed by atoms with Crippen molar-refractivity contribution in [3.05, 3.63) is 53.7 Å². The second kappa shape index (κ2) is 6.71. The number of aromatic nitrogens is 1. The third kappa shape index (κ3) is 3.49. The van der Waals surface area contributed by atoms with Gasteiger partial charge in [0.25, 0.3) is 5.91 Å². The molecule has 21 heavy (non-hydrogen) atoms. The van der Waals surface area contributed by atoms with Crippen molar-refractivity contribution in [1.82, 2.24) is 9.88 Å². The SMILES string of the molecule is COc1ccccc1CN(C)C(=O)c1ccnc(NN)c1. The first kappa shape index (κ1) is 14.8. The maximum atomic E-state index is 12.4. The van der Waals surface area contributed by atoms with Crippen molar-refractivity contribution in [2.75, 3.05) is 19.6 Å². The van der Waals surface area contributed by atoms with Crippen molar-refractivity contribution < 1.29 is 9.53 Å². The molecule has 0 fully saturated rings. The summed E-state index contributed by atoms with van der Waals surface area (Å²) in [7, 11) is 3.35. The smallest absolute Gasteiger partial charge is 0.254 e. The minimum absolute atomic E-state index is 0.111. The highest BCUT2D eigenvalue weighted by atomic mass is 16.5. The zero-order valence-electron chi connectivity index (χ0n) is 12.0. The first-order valence-electron chi connectivity index (χ1n) is 6.45. The summed E-state index contributed by atoms with van der Waals surface area (Å²) in [6.07, 6.45) is 1.54. The van der Waals surface area contributed by atoms with Gasteiger partial charge in [-0.05, 0) is 18.2 Å². The number of benzene rings is 1. The molecule has 110 valence electrons. The average Bonchev–Trinajstić information content (AvgIpc) is 2.54. The summed E-state index contributed by atoms with van der Waals surface area (Å²) in [5, 5.41) is 0. The molecule has 1 aromatic carbocycles. The van der Waals surface area contributed by atoms with E-state index in [4.69, 9.17) is 10.6 Å². The number of para-hydroxylation sites is 1. The molecule has 0 aliphatic rings. The number of hydrogen-bond donors (Lipinski definition) is 2. The van der Waals surface area contributed by atoms with Gasteiger partial charge in [0.05, 0.1) is 7.11 Å². The molecule has 6 nitrogen and oxygen atoms in total. The van der Waals surface area contributed by atoms with Crippen molar-refractivity contribution in [3.63, 3.8) is 0 Å². The third-order valence-electron chi connectivity index (χ3n) is 3.10. The number of methoxy groups -OCH3 is 1. The Bertz CT molecular complexity index is 631. The van der Waals surface area contributed by atoms with Crippen molar-refractivity contribution in [2.24, 2.45) is 5.84 Å². The van der Waals surface area contributed by atoms with Gasteiger partial charge in [-0.3, -0.25) is 4.79 Å². The van der Waals surface area contributed by atoms with E-state index in [1.165, 1.54) is 0 Å². The number of hydrogen-bond acceptors (Lipinski definition) is 5. The van der Waals surface area contributed by atoms with Crippen LogP contribution in [-0.4, -0.2) is 29.9 Å². The van der Waals surface area contributed by atoms with Crippen LogP contribution >= 0.6 is 0 Å². The van der Waals surface area contributed by atoms with E-state index >= 15 is 0 Å². The fraction of sp³-hybridized carbons (Fsp3) is 0.200. The molecule has 0 aliphatic carbocycles. The molecule has 1 amide bonds. The summed E-state index contributed by atoms with van der Waals surface area (Å²) in [5.41, 5.74) is 3.90. The van der Waals surface area contributed by atoms with Gasteiger partial charge in [-0.15, -0.1) is 0 Å². The van der Waals surface area contributed by atoms with Gasteiger partial charge in [0.15, 0.2) is 0 Å². The summed E-state index contributed by atoms with van der Waals surface area (Å²) < 4.78 is 5.29. The van der Waals surface area contributed by atoms with Crippen LogP contribution < -0.4 is 16.0 Å². The molecule has 1 aromatic heterocycles. The second-order valence-electron chi connectivity index (χ2n) is 4.55. The Morgan fingerprint density at radius 1 is 1.38 bits per heavy atom. The van der Waals surface area contributed by atoms with E-state index in [9.17, 15) is 4.79 Å². The van der Waals surface area contributed by atoms with Crippen LogP contribution in [-0.2, 0) is 6.54 Å². The van der Waals surface area contributed by atoms with Crippen LogP contribution in [0.4, 0.5) is 5.82 Å². The Balaban J connectivity index is 2.15. The van der Waals surface area contributed by atoms with Gasteiger partial charge in [-0.2, -0.15) is 0 Å². The van der Waals surface area contributed by atoms with E-state index in [1.807, 2.05) is 24.3 Å². The maximum Gasteiger partial charge on any atom is 0.254 e. The summed E-state index contributed by atoms with van der Waals surface area (Å²) >= 11 is 0. The number of pyridine rings is 1. The number of carbonyl (C=O) groups is 1. The van der Waals surface area contributed by atoms with Crippen LogP contribution in [0, 0.1) is 0 Å². The Labute approximate surface area is 123 Å². The van der Waals surface area contributed by atoms with E-state index < -0.39 is 0 Å². The molecule has 1 heterocycles. The fourth-order valence-corrected chi connectivity index (χ4v) is 2.02. The number of amides is 1. The van der Waals surface area contributed by atoms with E-state index in [0.717, 1.165) is 11.3 Å². The molecule has 0 saturated carbocycles. The van der Waals surface area contributed by atoms with Gasteiger partial charge < -0.3 is 15.1 Å². The Hall–Kier alpha value is -2.60. The van der Waals surface area contributed by atoms with Gasteiger partial charge >= 0.3 is 0 Å². The molecule has 0 atom stereocenters. The molecule has 0 radical (unpaired) electrons. The maximum absolute atomic E-state index is 12.4. The topological polar surface area (TPSA) is 80.5 Å². The Morgan fingerprint density at radius 3 is 2.86 bits per heavy atom. The van der Waals surface area contributed by atoms with Gasteiger partial charge in [0.2, 0.25) is 0 Å². The summed E-state index contributed by atoms with van der Waals surface area (Å²) in [6.45, 7) is 0.455. The molecule has 0 bridgehead atoms. The van der Waals surface area contributed by atoms with Gasteiger partial charge in [-0.25, -0.2) is 10.8 Å². The standard InChI is InChI=1S/C15H18N4O2/c1-19(10-12-5-3-4-6-13(12)21-2)15(20)11-7-8-17-14(9-11)18-16/h3-9H,10,16H2,1-2H3,(H,17,18). The van der Waals surface area contributed by atoms with Crippen LogP contribution in [0.1, 0.15) is 15.9 Å². The zero-order chi connectivity index (χ0) is 15.2. The van der Waals surface area contributed by atoms with Crippen LogP contribution in [0.2, 0.25) is 0 Å². The highest BCUT2D eigenvalue weighted by Gasteiger charge is 2.14. The number of nitrogens with two attached hydrogens (primary N) is 1. The van der Waals surface area contributed by atoms with E-state index in [1.54, 1.807) is 37.4 Å². The lowest BCUT2D eigenvalue weighted by atomic mass is 10.1. The highest BCUT2D eigenvalue weighted by molar-refractivity contribution is 5.94.